The lowest BCUT2D eigenvalue weighted by atomic mass is 10.00. The predicted molar refractivity (Wildman–Crippen MR) is 119 cm³/mol. The van der Waals surface area contributed by atoms with Crippen LogP contribution in [-0.4, -0.2) is 58.8 Å². The highest BCUT2D eigenvalue weighted by Gasteiger charge is 2.32. The minimum Gasteiger partial charge on any atom is -0.486 e. The van der Waals surface area contributed by atoms with Gasteiger partial charge in [0.2, 0.25) is 11.9 Å². The maximum atomic E-state index is 12.4. The summed E-state index contributed by atoms with van der Waals surface area (Å²) in [4.78, 5) is 14.8. The van der Waals surface area contributed by atoms with E-state index in [1.165, 1.54) is 24.6 Å². The smallest absolute Gasteiger partial charge is 0.230 e. The molecule has 0 bridgehead atoms. The van der Waals surface area contributed by atoms with Gasteiger partial charge in [0.1, 0.15) is 12.7 Å². The molecule has 3 aliphatic rings. The fourth-order valence-electron chi connectivity index (χ4n) is 4.02. The molecule has 8 nitrogen and oxygen atoms in total. The zero-order chi connectivity index (χ0) is 21.2. The van der Waals surface area contributed by atoms with Gasteiger partial charge in [-0.25, -0.2) is 0 Å². The normalized spacial score (nSPS) is 21.2. The van der Waals surface area contributed by atoms with Crippen LogP contribution in [0.3, 0.4) is 0 Å². The molecule has 1 saturated heterocycles. The Morgan fingerprint density at radius 1 is 1.16 bits per heavy atom. The van der Waals surface area contributed by atoms with E-state index in [0.29, 0.717) is 24.9 Å². The first-order valence-electron chi connectivity index (χ1n) is 11.1. The Labute approximate surface area is 186 Å². The second kappa shape index (κ2) is 8.98. The first-order valence-corrected chi connectivity index (χ1v) is 12.1. The van der Waals surface area contributed by atoms with Crippen LogP contribution in [0.1, 0.15) is 38.6 Å². The van der Waals surface area contributed by atoms with Crippen LogP contribution in [0.5, 0.6) is 11.5 Å². The zero-order valence-corrected chi connectivity index (χ0v) is 18.6. The molecule has 2 fully saturated rings. The molecule has 2 aromatic rings. The number of carbonyl (C=O) groups excluding carboxylic acids is 1. The summed E-state index contributed by atoms with van der Waals surface area (Å²) < 4.78 is 13.9. The number of hydrogen-bond acceptors (Lipinski definition) is 7. The van der Waals surface area contributed by atoms with Crippen molar-refractivity contribution in [3.8, 4) is 11.5 Å². The zero-order valence-electron chi connectivity index (χ0n) is 17.8. The Hall–Kier alpha value is -2.42. The first kappa shape index (κ1) is 20.5. The molecule has 9 heteroatoms. The van der Waals surface area contributed by atoms with Crippen LogP contribution < -0.4 is 19.7 Å². The average Bonchev–Trinajstić information content (AvgIpc) is 3.55. The minimum absolute atomic E-state index is 0.0360. The summed E-state index contributed by atoms with van der Waals surface area (Å²) >= 11 is 1.46. The fraction of sp³-hybridized carbons (Fsp3) is 0.591. The second-order valence-electron chi connectivity index (χ2n) is 8.64. The maximum absolute atomic E-state index is 12.4. The molecule has 1 N–H and O–H groups in total. The Morgan fingerprint density at radius 2 is 1.94 bits per heavy atom. The maximum Gasteiger partial charge on any atom is 0.230 e. The van der Waals surface area contributed by atoms with Crippen LogP contribution >= 0.6 is 11.8 Å². The lowest BCUT2D eigenvalue weighted by Crippen LogP contribution is -2.41. The van der Waals surface area contributed by atoms with Gasteiger partial charge in [-0.2, -0.15) is 0 Å². The number of rotatable bonds is 7. The number of ether oxygens (including phenoxy) is 2. The molecule has 1 aromatic heterocycles. The van der Waals surface area contributed by atoms with Gasteiger partial charge >= 0.3 is 0 Å². The third kappa shape index (κ3) is 4.76. The van der Waals surface area contributed by atoms with Crippen LogP contribution in [0.15, 0.2) is 29.4 Å². The number of piperidine rings is 1. The van der Waals surface area contributed by atoms with Crippen molar-refractivity contribution in [3.63, 3.8) is 0 Å². The molecule has 1 amide bonds. The minimum atomic E-state index is -0.188. The SMILES string of the molecule is CC1CCN(c2nnc(SCC(=O)NCC3COc4ccccc4O3)n2C2CC2)CC1. The number of nitrogens with one attached hydrogen (secondary N) is 1. The van der Waals surface area contributed by atoms with Gasteiger partial charge in [0.25, 0.3) is 0 Å². The van der Waals surface area contributed by atoms with Gasteiger partial charge in [-0.3, -0.25) is 9.36 Å². The van der Waals surface area contributed by atoms with Crippen LogP contribution in [0.2, 0.25) is 0 Å². The van der Waals surface area contributed by atoms with Crippen molar-refractivity contribution in [3.05, 3.63) is 24.3 Å². The van der Waals surface area contributed by atoms with E-state index in [0.717, 1.165) is 54.5 Å². The summed E-state index contributed by atoms with van der Waals surface area (Å²) in [6.45, 7) is 5.22. The monoisotopic (exact) mass is 443 g/mol. The van der Waals surface area contributed by atoms with Gasteiger partial charge in [-0.05, 0) is 43.7 Å². The predicted octanol–water partition coefficient (Wildman–Crippen LogP) is 2.90. The Bertz CT molecular complexity index is 924. The molecule has 0 radical (unpaired) electrons. The summed E-state index contributed by atoms with van der Waals surface area (Å²) in [6.07, 6.45) is 4.53. The van der Waals surface area contributed by atoms with Crippen LogP contribution in [0.25, 0.3) is 0 Å². The lowest BCUT2D eigenvalue weighted by Gasteiger charge is -2.31. The van der Waals surface area contributed by atoms with Crippen LogP contribution in [0.4, 0.5) is 5.95 Å². The summed E-state index contributed by atoms with van der Waals surface area (Å²) in [5.74, 6) is 3.50. The number of nitrogens with zero attached hydrogens (tertiary/aromatic N) is 4. The van der Waals surface area contributed by atoms with Gasteiger partial charge in [0.15, 0.2) is 16.7 Å². The van der Waals surface area contributed by atoms with E-state index in [-0.39, 0.29) is 12.0 Å². The summed E-state index contributed by atoms with van der Waals surface area (Å²) in [5, 5.41) is 12.7. The van der Waals surface area contributed by atoms with E-state index in [9.17, 15) is 4.79 Å². The number of benzene rings is 1. The van der Waals surface area contributed by atoms with Gasteiger partial charge < -0.3 is 19.7 Å². The van der Waals surface area contributed by atoms with Crippen molar-refractivity contribution in [2.75, 3.05) is 36.9 Å². The number of carbonyl (C=O) groups is 1. The Morgan fingerprint density at radius 3 is 2.71 bits per heavy atom. The Kier molecular flexibility index (Phi) is 5.93. The number of thioether (sulfide) groups is 1. The van der Waals surface area contributed by atoms with E-state index in [1.54, 1.807) is 0 Å². The number of para-hydroxylation sites is 2. The van der Waals surface area contributed by atoms with Crippen molar-refractivity contribution >= 4 is 23.6 Å². The molecular formula is C22H29N5O3S. The summed E-state index contributed by atoms with van der Waals surface area (Å²) in [7, 11) is 0. The highest BCUT2D eigenvalue weighted by molar-refractivity contribution is 7.99. The van der Waals surface area contributed by atoms with Gasteiger partial charge in [-0.1, -0.05) is 30.8 Å². The Balaban J connectivity index is 1.14. The topological polar surface area (TPSA) is 81.5 Å². The number of amides is 1. The fourth-order valence-corrected chi connectivity index (χ4v) is 4.85. The van der Waals surface area contributed by atoms with E-state index < -0.39 is 0 Å². The molecule has 3 heterocycles. The standard InChI is InChI=1S/C22H29N5O3S/c1-15-8-10-26(11-9-15)21-24-25-22(27(21)16-6-7-16)31-14-20(28)23-12-17-13-29-18-4-2-3-5-19(18)30-17/h2-5,15-17H,6-14H2,1H3,(H,23,28). The van der Waals surface area contributed by atoms with Crippen molar-refractivity contribution in [2.24, 2.45) is 5.92 Å². The molecule has 0 spiro atoms. The van der Waals surface area contributed by atoms with Crippen molar-refractivity contribution in [1.82, 2.24) is 20.1 Å². The second-order valence-corrected chi connectivity index (χ2v) is 9.59. The third-order valence-corrected chi connectivity index (χ3v) is 6.99. The van der Waals surface area contributed by atoms with E-state index >= 15 is 0 Å². The van der Waals surface area contributed by atoms with E-state index in [1.807, 2.05) is 24.3 Å². The van der Waals surface area contributed by atoms with E-state index in [4.69, 9.17) is 9.47 Å². The summed E-state index contributed by atoms with van der Waals surface area (Å²) in [5.41, 5.74) is 0. The number of anilines is 1. The summed E-state index contributed by atoms with van der Waals surface area (Å²) in [6, 6.07) is 8.07. The van der Waals surface area contributed by atoms with Crippen molar-refractivity contribution < 1.29 is 14.3 Å². The molecule has 1 aliphatic carbocycles. The largest absolute Gasteiger partial charge is 0.486 e. The van der Waals surface area contributed by atoms with Crippen LogP contribution in [-0.2, 0) is 4.79 Å². The lowest BCUT2D eigenvalue weighted by molar-refractivity contribution is -0.119. The van der Waals surface area contributed by atoms with Gasteiger partial charge in [0, 0.05) is 19.1 Å². The molecule has 5 rings (SSSR count). The van der Waals surface area contributed by atoms with Gasteiger partial charge in [0.05, 0.1) is 12.3 Å². The van der Waals surface area contributed by atoms with Crippen LogP contribution in [0, 0.1) is 5.92 Å². The quantitative estimate of drug-likeness (QED) is 0.659. The molecule has 31 heavy (non-hydrogen) atoms. The molecule has 1 unspecified atom stereocenters. The average molecular weight is 444 g/mol. The first-order chi connectivity index (χ1) is 15.2. The number of aromatic nitrogens is 3. The highest BCUT2D eigenvalue weighted by Crippen LogP contribution is 2.41. The number of fused-ring (bicyclic) bond motifs is 1. The van der Waals surface area contributed by atoms with E-state index in [2.05, 4.69) is 31.9 Å². The highest BCUT2D eigenvalue weighted by atomic mass is 32.2. The molecule has 1 saturated carbocycles. The van der Waals surface area contributed by atoms with Crippen molar-refractivity contribution in [2.45, 2.75) is 49.9 Å². The molecule has 166 valence electrons. The number of hydrogen-bond donors (Lipinski definition) is 1. The molecular weight excluding hydrogens is 414 g/mol. The molecule has 1 atom stereocenters. The molecule has 2 aliphatic heterocycles. The molecule has 1 aromatic carbocycles. The van der Waals surface area contributed by atoms with Crippen molar-refractivity contribution in [1.29, 1.82) is 0 Å². The van der Waals surface area contributed by atoms with Gasteiger partial charge in [-0.15, -0.1) is 10.2 Å². The third-order valence-electron chi connectivity index (χ3n) is 6.05.